The monoisotopic (exact) mass is 220 g/mol. The van der Waals surface area contributed by atoms with Crippen molar-refractivity contribution >= 4 is 17.3 Å². The molecular weight excluding hydrogens is 200 g/mol. The summed E-state index contributed by atoms with van der Waals surface area (Å²) in [5.74, 6) is 2.19. The number of nitrogen functional groups attached to an aromatic ring is 2. The summed E-state index contributed by atoms with van der Waals surface area (Å²) in [7, 11) is 0. The molecule has 1 unspecified atom stereocenters. The molecule has 0 spiro atoms. The molecule has 1 fully saturated rings. The number of piperidine rings is 1. The zero-order valence-corrected chi connectivity index (χ0v) is 9.82. The van der Waals surface area contributed by atoms with Gasteiger partial charge in [-0.3, -0.25) is 0 Å². The van der Waals surface area contributed by atoms with E-state index in [1.807, 2.05) is 12.1 Å². The minimum atomic E-state index is 0.441. The van der Waals surface area contributed by atoms with Gasteiger partial charge in [0.15, 0.2) is 0 Å². The zero-order valence-electron chi connectivity index (χ0n) is 9.82. The second-order valence-corrected chi connectivity index (χ2v) is 4.51. The van der Waals surface area contributed by atoms with Gasteiger partial charge in [-0.2, -0.15) is 0 Å². The maximum absolute atomic E-state index is 5.73. The average molecular weight is 220 g/mol. The Labute approximate surface area is 96.6 Å². The van der Waals surface area contributed by atoms with Crippen molar-refractivity contribution in [2.24, 2.45) is 5.92 Å². The number of pyridine rings is 1. The summed E-state index contributed by atoms with van der Waals surface area (Å²) in [6.45, 7) is 4.42. The Morgan fingerprint density at radius 3 is 2.94 bits per heavy atom. The van der Waals surface area contributed by atoms with Crippen molar-refractivity contribution in [3.63, 3.8) is 0 Å². The number of anilines is 3. The summed E-state index contributed by atoms with van der Waals surface area (Å²) in [6.07, 6.45) is 3.81. The molecule has 1 aliphatic rings. The van der Waals surface area contributed by atoms with Gasteiger partial charge < -0.3 is 16.4 Å². The summed E-state index contributed by atoms with van der Waals surface area (Å²) in [5, 5.41) is 0. The first-order valence-corrected chi connectivity index (χ1v) is 5.97. The van der Waals surface area contributed by atoms with Gasteiger partial charge in [0.2, 0.25) is 0 Å². The minimum Gasteiger partial charge on any atom is -0.396 e. The van der Waals surface area contributed by atoms with Crippen LogP contribution in [0.15, 0.2) is 12.1 Å². The van der Waals surface area contributed by atoms with Crippen LogP contribution in [0.4, 0.5) is 17.3 Å². The highest BCUT2D eigenvalue weighted by molar-refractivity contribution is 5.62. The third-order valence-electron chi connectivity index (χ3n) is 3.36. The van der Waals surface area contributed by atoms with E-state index in [-0.39, 0.29) is 0 Å². The number of hydrogen-bond acceptors (Lipinski definition) is 4. The van der Waals surface area contributed by atoms with Crippen LogP contribution in [0.25, 0.3) is 0 Å². The molecule has 2 heterocycles. The molecule has 0 saturated carbocycles. The molecule has 1 aliphatic heterocycles. The van der Waals surface area contributed by atoms with Gasteiger partial charge in [0.05, 0.1) is 5.69 Å². The first-order chi connectivity index (χ1) is 7.70. The van der Waals surface area contributed by atoms with Gasteiger partial charge in [-0.25, -0.2) is 4.98 Å². The lowest BCUT2D eigenvalue weighted by Crippen LogP contribution is -2.35. The quantitative estimate of drug-likeness (QED) is 0.798. The molecule has 0 aliphatic carbocycles. The van der Waals surface area contributed by atoms with Gasteiger partial charge >= 0.3 is 0 Å². The highest BCUT2D eigenvalue weighted by Gasteiger charge is 2.19. The largest absolute Gasteiger partial charge is 0.396 e. The normalized spacial score (nSPS) is 21.1. The Hall–Kier alpha value is -1.45. The Morgan fingerprint density at radius 1 is 1.44 bits per heavy atom. The third-order valence-corrected chi connectivity index (χ3v) is 3.36. The standard InChI is InChI=1S/C12H20N4/c1-2-9-4-3-7-16(8-9)11-6-5-10(13)12(14)15-11/h5-6,9H,2-4,7-8,13H2,1H3,(H2,14,15). The van der Waals surface area contributed by atoms with Crippen LogP contribution in [0.3, 0.4) is 0 Å². The molecule has 16 heavy (non-hydrogen) atoms. The highest BCUT2D eigenvalue weighted by atomic mass is 15.2. The van der Waals surface area contributed by atoms with Gasteiger partial charge in [-0.05, 0) is 30.9 Å². The fourth-order valence-electron chi connectivity index (χ4n) is 2.26. The Balaban J connectivity index is 2.13. The van der Waals surface area contributed by atoms with Gasteiger partial charge in [-0.1, -0.05) is 13.3 Å². The zero-order chi connectivity index (χ0) is 11.5. The van der Waals surface area contributed by atoms with Crippen LogP contribution in [0.2, 0.25) is 0 Å². The molecule has 88 valence electrons. The van der Waals surface area contributed by atoms with Crippen LogP contribution in [0, 0.1) is 5.92 Å². The summed E-state index contributed by atoms with van der Waals surface area (Å²) in [6, 6.07) is 3.80. The minimum absolute atomic E-state index is 0.441. The summed E-state index contributed by atoms with van der Waals surface area (Å²) < 4.78 is 0. The summed E-state index contributed by atoms with van der Waals surface area (Å²) in [4.78, 5) is 6.66. The van der Waals surface area contributed by atoms with Crippen molar-refractivity contribution in [3.8, 4) is 0 Å². The lowest BCUT2D eigenvalue weighted by molar-refractivity contribution is 0.403. The lowest BCUT2D eigenvalue weighted by Gasteiger charge is -2.33. The first-order valence-electron chi connectivity index (χ1n) is 5.97. The van der Waals surface area contributed by atoms with E-state index < -0.39 is 0 Å². The number of rotatable bonds is 2. The third kappa shape index (κ3) is 2.21. The first kappa shape index (κ1) is 11.0. The van der Waals surface area contributed by atoms with Crippen molar-refractivity contribution in [1.82, 2.24) is 4.98 Å². The van der Waals surface area contributed by atoms with E-state index in [2.05, 4.69) is 16.8 Å². The van der Waals surface area contributed by atoms with E-state index in [0.717, 1.165) is 24.8 Å². The van der Waals surface area contributed by atoms with Crippen LogP contribution < -0.4 is 16.4 Å². The predicted molar refractivity (Wildman–Crippen MR) is 68.3 cm³/mol. The van der Waals surface area contributed by atoms with Crippen LogP contribution >= 0.6 is 0 Å². The number of nitrogens with two attached hydrogens (primary N) is 2. The second-order valence-electron chi connectivity index (χ2n) is 4.51. The smallest absolute Gasteiger partial charge is 0.149 e. The van der Waals surface area contributed by atoms with Crippen LogP contribution in [0.5, 0.6) is 0 Å². The molecule has 0 radical (unpaired) electrons. The number of aromatic nitrogens is 1. The number of nitrogens with zero attached hydrogens (tertiary/aromatic N) is 2. The fraction of sp³-hybridized carbons (Fsp3) is 0.583. The second kappa shape index (κ2) is 4.60. The van der Waals surface area contributed by atoms with Crippen molar-refractivity contribution in [2.75, 3.05) is 29.5 Å². The highest BCUT2D eigenvalue weighted by Crippen LogP contribution is 2.25. The van der Waals surface area contributed by atoms with Crippen molar-refractivity contribution in [1.29, 1.82) is 0 Å². The Morgan fingerprint density at radius 2 is 2.25 bits per heavy atom. The Kier molecular flexibility index (Phi) is 3.17. The van der Waals surface area contributed by atoms with Gasteiger partial charge in [-0.15, -0.1) is 0 Å². The molecule has 1 saturated heterocycles. The lowest BCUT2D eigenvalue weighted by atomic mass is 9.96. The molecule has 1 aromatic rings. The fourth-order valence-corrected chi connectivity index (χ4v) is 2.26. The topological polar surface area (TPSA) is 68.2 Å². The van der Waals surface area contributed by atoms with E-state index in [1.165, 1.54) is 19.3 Å². The summed E-state index contributed by atoms with van der Waals surface area (Å²) >= 11 is 0. The van der Waals surface area contributed by atoms with E-state index >= 15 is 0 Å². The van der Waals surface area contributed by atoms with Crippen molar-refractivity contribution in [3.05, 3.63) is 12.1 Å². The van der Waals surface area contributed by atoms with Crippen molar-refractivity contribution in [2.45, 2.75) is 26.2 Å². The van der Waals surface area contributed by atoms with Crippen molar-refractivity contribution < 1.29 is 0 Å². The molecular formula is C12H20N4. The molecule has 4 nitrogen and oxygen atoms in total. The Bertz CT molecular complexity index is 364. The SMILES string of the molecule is CCC1CCCN(c2ccc(N)c(N)n2)C1. The van der Waals surface area contributed by atoms with Crippen LogP contribution in [0.1, 0.15) is 26.2 Å². The molecule has 0 aromatic carbocycles. The molecule has 1 atom stereocenters. The molecule has 0 amide bonds. The van der Waals surface area contributed by atoms with E-state index in [1.54, 1.807) is 0 Å². The molecule has 4 heteroatoms. The molecule has 1 aromatic heterocycles. The van der Waals surface area contributed by atoms with Gasteiger partial charge in [0.1, 0.15) is 11.6 Å². The average Bonchev–Trinajstić information content (AvgIpc) is 2.33. The maximum Gasteiger partial charge on any atom is 0.149 e. The summed E-state index contributed by atoms with van der Waals surface area (Å²) in [5.41, 5.74) is 12.0. The maximum atomic E-state index is 5.73. The van der Waals surface area contributed by atoms with E-state index in [9.17, 15) is 0 Å². The van der Waals surface area contributed by atoms with E-state index in [4.69, 9.17) is 11.5 Å². The van der Waals surface area contributed by atoms with Gasteiger partial charge in [0.25, 0.3) is 0 Å². The predicted octanol–water partition coefficient (Wildman–Crippen LogP) is 1.87. The van der Waals surface area contributed by atoms with E-state index in [0.29, 0.717) is 11.5 Å². The van der Waals surface area contributed by atoms with Gasteiger partial charge in [0, 0.05) is 13.1 Å². The molecule has 2 rings (SSSR count). The molecule has 4 N–H and O–H groups in total. The number of hydrogen-bond donors (Lipinski definition) is 2. The molecule has 0 bridgehead atoms. The van der Waals surface area contributed by atoms with Crippen LogP contribution in [-0.2, 0) is 0 Å². The van der Waals surface area contributed by atoms with Crippen LogP contribution in [-0.4, -0.2) is 18.1 Å².